The first-order chi connectivity index (χ1) is 6.61. The highest BCUT2D eigenvalue weighted by atomic mass is 19.2. The lowest BCUT2D eigenvalue weighted by molar-refractivity contribution is 0.237. The van der Waals surface area contributed by atoms with Crippen LogP contribution < -0.4 is 16.2 Å². The standard InChI is InChI=1S/C8H9FN4O/c9-13(8(14)12-7(10)11)6-4-2-1-3-5-6/h1-5H,(H4,10,11,12,14). The molecule has 0 atom stereocenters. The van der Waals surface area contributed by atoms with E-state index in [-0.39, 0.29) is 10.8 Å². The number of urea groups is 1. The fourth-order valence-electron chi connectivity index (χ4n) is 0.840. The summed E-state index contributed by atoms with van der Waals surface area (Å²) in [5.41, 5.74) is 4.94. The lowest BCUT2D eigenvalue weighted by atomic mass is 10.3. The number of halogens is 1. The number of benzene rings is 1. The molecule has 0 bridgehead atoms. The molecule has 0 unspecified atom stereocenters. The Morgan fingerprint density at radius 3 is 2.50 bits per heavy atom. The van der Waals surface area contributed by atoms with E-state index >= 15 is 0 Å². The zero-order chi connectivity index (χ0) is 10.6. The maximum absolute atomic E-state index is 13.2. The molecule has 0 aliphatic rings. The molecule has 2 amide bonds. The molecule has 0 saturated heterocycles. The molecule has 14 heavy (non-hydrogen) atoms. The van der Waals surface area contributed by atoms with Crippen molar-refractivity contribution < 1.29 is 9.28 Å². The van der Waals surface area contributed by atoms with Gasteiger partial charge in [-0.15, -0.1) is 5.12 Å². The van der Waals surface area contributed by atoms with Crippen LogP contribution in [0.4, 0.5) is 15.0 Å². The summed E-state index contributed by atoms with van der Waals surface area (Å²) < 4.78 is 13.2. The fourth-order valence-corrected chi connectivity index (χ4v) is 0.840. The largest absolute Gasteiger partial charge is 0.370 e. The molecule has 0 heterocycles. The van der Waals surface area contributed by atoms with Gasteiger partial charge in [-0.2, -0.15) is 0 Å². The molecule has 0 aliphatic heterocycles. The Bertz CT molecular complexity index is 340. The summed E-state index contributed by atoms with van der Waals surface area (Å²) in [5, 5.41) is 8.42. The van der Waals surface area contributed by atoms with Gasteiger partial charge in [0.2, 0.25) is 0 Å². The van der Waals surface area contributed by atoms with Gasteiger partial charge in [-0.3, -0.25) is 10.7 Å². The summed E-state index contributed by atoms with van der Waals surface area (Å²) in [6.07, 6.45) is 0. The third-order valence-electron chi connectivity index (χ3n) is 1.40. The molecular formula is C8H9FN4O. The number of hydrogen-bond donors (Lipinski definition) is 3. The van der Waals surface area contributed by atoms with E-state index < -0.39 is 12.0 Å². The van der Waals surface area contributed by atoms with Gasteiger partial charge in [0.25, 0.3) is 0 Å². The molecule has 1 aromatic carbocycles. The SMILES string of the molecule is N=C(N)NC(=O)N(F)c1ccccc1. The second-order valence-corrected chi connectivity index (χ2v) is 2.46. The van der Waals surface area contributed by atoms with Gasteiger partial charge in [-0.1, -0.05) is 22.7 Å². The summed E-state index contributed by atoms with van der Waals surface area (Å²) in [6, 6.07) is 6.61. The van der Waals surface area contributed by atoms with Crippen molar-refractivity contribution in [3.63, 3.8) is 0 Å². The van der Waals surface area contributed by atoms with E-state index in [1.54, 1.807) is 18.2 Å². The highest BCUT2D eigenvalue weighted by molar-refractivity contribution is 6.00. The number of nitrogens with zero attached hydrogens (tertiary/aromatic N) is 1. The van der Waals surface area contributed by atoms with Gasteiger partial charge < -0.3 is 5.73 Å². The maximum atomic E-state index is 13.2. The van der Waals surface area contributed by atoms with Gasteiger partial charge in [0.1, 0.15) is 0 Å². The first-order valence-electron chi connectivity index (χ1n) is 3.77. The van der Waals surface area contributed by atoms with Crippen molar-refractivity contribution in [2.24, 2.45) is 5.73 Å². The van der Waals surface area contributed by atoms with Crippen molar-refractivity contribution in [1.82, 2.24) is 5.32 Å². The Kier molecular flexibility index (Phi) is 3.01. The molecule has 74 valence electrons. The van der Waals surface area contributed by atoms with E-state index in [9.17, 15) is 9.28 Å². The highest BCUT2D eigenvalue weighted by Crippen LogP contribution is 2.12. The second-order valence-electron chi connectivity index (χ2n) is 2.46. The average Bonchev–Trinajstić information content (AvgIpc) is 2.17. The van der Waals surface area contributed by atoms with Gasteiger partial charge in [-0.05, 0) is 12.1 Å². The molecule has 0 saturated carbocycles. The van der Waals surface area contributed by atoms with Crippen LogP contribution in [0.15, 0.2) is 30.3 Å². The molecule has 1 aromatic rings. The minimum Gasteiger partial charge on any atom is -0.370 e. The monoisotopic (exact) mass is 196 g/mol. The topological polar surface area (TPSA) is 82.2 Å². The number of rotatable bonds is 1. The first-order valence-corrected chi connectivity index (χ1v) is 3.77. The molecular weight excluding hydrogens is 187 g/mol. The van der Waals surface area contributed by atoms with Gasteiger partial charge in [0, 0.05) is 0 Å². The van der Waals surface area contributed by atoms with E-state index in [1.807, 2.05) is 5.32 Å². The van der Waals surface area contributed by atoms with Crippen molar-refractivity contribution in [2.75, 3.05) is 5.12 Å². The lowest BCUT2D eigenvalue weighted by Gasteiger charge is -2.11. The Labute approximate surface area is 79.8 Å². The minimum atomic E-state index is -1.09. The van der Waals surface area contributed by atoms with Crippen LogP contribution in [0, 0.1) is 5.41 Å². The minimum absolute atomic E-state index is 0.0752. The van der Waals surface area contributed by atoms with Crippen molar-refractivity contribution in [3.8, 4) is 0 Å². The number of nitrogens with two attached hydrogens (primary N) is 1. The third kappa shape index (κ3) is 2.44. The van der Waals surface area contributed by atoms with Crippen molar-refractivity contribution in [3.05, 3.63) is 30.3 Å². The Balaban J connectivity index is 2.71. The van der Waals surface area contributed by atoms with Crippen LogP contribution in [0.25, 0.3) is 0 Å². The van der Waals surface area contributed by atoms with E-state index in [2.05, 4.69) is 0 Å². The molecule has 0 aromatic heterocycles. The van der Waals surface area contributed by atoms with E-state index in [0.717, 1.165) is 0 Å². The number of guanidine groups is 1. The van der Waals surface area contributed by atoms with Gasteiger partial charge >= 0.3 is 6.03 Å². The number of nitrogens with one attached hydrogen (secondary N) is 2. The van der Waals surface area contributed by atoms with Crippen LogP contribution in [0.2, 0.25) is 0 Å². The molecule has 4 N–H and O–H groups in total. The number of para-hydroxylation sites is 1. The number of amides is 2. The Morgan fingerprint density at radius 2 is 2.00 bits per heavy atom. The van der Waals surface area contributed by atoms with Crippen molar-refractivity contribution in [1.29, 1.82) is 5.41 Å². The average molecular weight is 196 g/mol. The molecule has 0 spiro atoms. The molecule has 6 heteroatoms. The predicted molar refractivity (Wildman–Crippen MR) is 50.5 cm³/mol. The van der Waals surface area contributed by atoms with Crippen LogP contribution in [-0.2, 0) is 0 Å². The normalized spacial score (nSPS) is 9.21. The van der Waals surface area contributed by atoms with Crippen LogP contribution in [0.3, 0.4) is 0 Å². The molecule has 0 radical (unpaired) electrons. The number of hydrogen-bond acceptors (Lipinski definition) is 2. The van der Waals surface area contributed by atoms with Gasteiger partial charge in [-0.25, -0.2) is 4.79 Å². The summed E-state index contributed by atoms with van der Waals surface area (Å²) in [7, 11) is 0. The summed E-state index contributed by atoms with van der Waals surface area (Å²) in [6.45, 7) is 0. The smallest absolute Gasteiger partial charge is 0.357 e. The van der Waals surface area contributed by atoms with E-state index in [1.165, 1.54) is 12.1 Å². The quantitative estimate of drug-likeness (QED) is 0.355. The number of carbonyl (C=O) groups excluding carboxylic acids is 1. The first kappa shape index (κ1) is 9.97. The van der Waals surface area contributed by atoms with Crippen LogP contribution >= 0.6 is 0 Å². The summed E-state index contributed by atoms with van der Waals surface area (Å²) in [5.74, 6) is -0.603. The number of anilines is 1. The maximum Gasteiger partial charge on any atom is 0.357 e. The summed E-state index contributed by atoms with van der Waals surface area (Å²) in [4.78, 5) is 11.0. The zero-order valence-corrected chi connectivity index (χ0v) is 7.20. The van der Waals surface area contributed by atoms with Crippen molar-refractivity contribution >= 4 is 17.7 Å². The van der Waals surface area contributed by atoms with Crippen LogP contribution in [0.5, 0.6) is 0 Å². The lowest BCUT2D eigenvalue weighted by Crippen LogP contribution is -2.42. The van der Waals surface area contributed by atoms with Gasteiger partial charge in [0.15, 0.2) is 5.96 Å². The van der Waals surface area contributed by atoms with E-state index in [0.29, 0.717) is 0 Å². The van der Waals surface area contributed by atoms with Crippen LogP contribution in [-0.4, -0.2) is 12.0 Å². The van der Waals surface area contributed by atoms with Crippen LogP contribution in [0.1, 0.15) is 0 Å². The highest BCUT2D eigenvalue weighted by Gasteiger charge is 2.14. The molecule has 1 rings (SSSR count). The Hall–Kier alpha value is -2.11. The zero-order valence-electron chi connectivity index (χ0n) is 7.20. The molecule has 0 fully saturated rings. The van der Waals surface area contributed by atoms with E-state index in [4.69, 9.17) is 11.1 Å². The molecule has 5 nitrogen and oxygen atoms in total. The number of carbonyl (C=O) groups is 1. The summed E-state index contributed by atoms with van der Waals surface area (Å²) >= 11 is 0. The van der Waals surface area contributed by atoms with Gasteiger partial charge in [0.05, 0.1) is 5.69 Å². The second kappa shape index (κ2) is 4.22. The van der Waals surface area contributed by atoms with Crippen molar-refractivity contribution in [2.45, 2.75) is 0 Å². The Morgan fingerprint density at radius 1 is 1.43 bits per heavy atom. The predicted octanol–water partition coefficient (Wildman–Crippen LogP) is 0.981. The fraction of sp³-hybridized carbons (Fsp3) is 0. The molecule has 0 aliphatic carbocycles. The third-order valence-corrected chi connectivity index (χ3v) is 1.40.